The lowest BCUT2D eigenvalue weighted by molar-refractivity contribution is 0.187. The van der Waals surface area contributed by atoms with Crippen molar-refractivity contribution >= 4 is 0 Å². The van der Waals surface area contributed by atoms with Gasteiger partial charge in [-0.2, -0.15) is 0 Å². The van der Waals surface area contributed by atoms with E-state index in [2.05, 4.69) is 31.0 Å². The summed E-state index contributed by atoms with van der Waals surface area (Å²) in [7, 11) is 0. The van der Waals surface area contributed by atoms with Crippen LogP contribution in [0.5, 0.6) is 0 Å². The quantitative estimate of drug-likeness (QED) is 0.728. The summed E-state index contributed by atoms with van der Waals surface area (Å²) in [5.41, 5.74) is 0. The zero-order valence-corrected chi connectivity index (χ0v) is 10.8. The number of hydrogen-bond donors (Lipinski definition) is 1. The van der Waals surface area contributed by atoms with Crippen molar-refractivity contribution in [3.8, 4) is 0 Å². The molecular formula is C13H28N2. The Morgan fingerprint density at radius 2 is 2.13 bits per heavy atom. The van der Waals surface area contributed by atoms with Crippen molar-refractivity contribution in [2.24, 2.45) is 0 Å². The van der Waals surface area contributed by atoms with Crippen LogP contribution in [0.15, 0.2) is 0 Å². The standard InChI is InChI=1S/C13H28N2/c1-4-8-12(5-2)14-13-9-7-10-15(6-3)11-13/h12-14H,4-11H2,1-3H3. The fourth-order valence-electron chi connectivity index (χ4n) is 2.57. The summed E-state index contributed by atoms with van der Waals surface area (Å²) in [6.07, 6.45) is 6.65. The summed E-state index contributed by atoms with van der Waals surface area (Å²) in [6.45, 7) is 10.6. The Kier molecular flexibility index (Phi) is 6.26. The number of nitrogens with one attached hydrogen (secondary N) is 1. The molecule has 0 aromatic carbocycles. The minimum absolute atomic E-state index is 0.746. The average Bonchev–Trinajstić information content (AvgIpc) is 2.29. The lowest BCUT2D eigenvalue weighted by Crippen LogP contribution is -2.48. The van der Waals surface area contributed by atoms with Gasteiger partial charge in [0, 0.05) is 18.6 Å². The second-order valence-electron chi connectivity index (χ2n) is 4.79. The van der Waals surface area contributed by atoms with E-state index in [4.69, 9.17) is 0 Å². The van der Waals surface area contributed by atoms with Gasteiger partial charge in [0.1, 0.15) is 0 Å². The SMILES string of the molecule is CCCC(CC)NC1CCCN(CC)C1. The smallest absolute Gasteiger partial charge is 0.0198 e. The second kappa shape index (κ2) is 7.24. The Hall–Kier alpha value is -0.0800. The molecule has 2 atom stereocenters. The molecule has 1 rings (SSSR count). The van der Waals surface area contributed by atoms with Crippen LogP contribution in [0.25, 0.3) is 0 Å². The molecule has 15 heavy (non-hydrogen) atoms. The Labute approximate surface area is 95.4 Å². The Balaban J connectivity index is 2.29. The third kappa shape index (κ3) is 4.52. The van der Waals surface area contributed by atoms with Crippen LogP contribution in [0, 0.1) is 0 Å². The monoisotopic (exact) mass is 212 g/mol. The molecular weight excluding hydrogens is 184 g/mol. The number of piperidine rings is 1. The number of hydrogen-bond acceptors (Lipinski definition) is 2. The van der Waals surface area contributed by atoms with Crippen LogP contribution in [-0.2, 0) is 0 Å². The molecule has 90 valence electrons. The van der Waals surface area contributed by atoms with E-state index in [0.717, 1.165) is 12.1 Å². The molecule has 0 radical (unpaired) electrons. The van der Waals surface area contributed by atoms with Gasteiger partial charge in [-0.1, -0.05) is 27.2 Å². The molecule has 1 fully saturated rings. The predicted octanol–water partition coefficient (Wildman–Crippen LogP) is 2.64. The first-order valence-corrected chi connectivity index (χ1v) is 6.78. The number of likely N-dealkylation sites (tertiary alicyclic amines) is 1. The fraction of sp³-hybridized carbons (Fsp3) is 1.00. The van der Waals surface area contributed by atoms with E-state index in [9.17, 15) is 0 Å². The highest BCUT2D eigenvalue weighted by molar-refractivity contribution is 4.80. The maximum atomic E-state index is 3.83. The lowest BCUT2D eigenvalue weighted by Gasteiger charge is -2.34. The van der Waals surface area contributed by atoms with Crippen LogP contribution in [0.2, 0.25) is 0 Å². The highest BCUT2D eigenvalue weighted by Crippen LogP contribution is 2.12. The average molecular weight is 212 g/mol. The number of likely N-dealkylation sites (N-methyl/N-ethyl adjacent to an activating group) is 1. The number of rotatable bonds is 6. The van der Waals surface area contributed by atoms with Gasteiger partial charge in [0.2, 0.25) is 0 Å². The molecule has 2 unspecified atom stereocenters. The maximum Gasteiger partial charge on any atom is 0.0198 e. The molecule has 1 N–H and O–H groups in total. The summed E-state index contributed by atoms with van der Waals surface area (Å²) < 4.78 is 0. The van der Waals surface area contributed by atoms with Crippen LogP contribution in [-0.4, -0.2) is 36.6 Å². The molecule has 0 amide bonds. The zero-order valence-electron chi connectivity index (χ0n) is 10.8. The molecule has 0 saturated carbocycles. The van der Waals surface area contributed by atoms with E-state index in [1.807, 2.05) is 0 Å². The molecule has 0 aliphatic carbocycles. The van der Waals surface area contributed by atoms with E-state index in [1.165, 1.54) is 51.7 Å². The highest BCUT2D eigenvalue weighted by Gasteiger charge is 2.20. The molecule has 1 aliphatic rings. The topological polar surface area (TPSA) is 15.3 Å². The lowest BCUT2D eigenvalue weighted by atomic mass is 10.0. The van der Waals surface area contributed by atoms with Crippen molar-refractivity contribution in [3.05, 3.63) is 0 Å². The first kappa shape index (κ1) is 13.0. The molecule has 1 saturated heterocycles. The van der Waals surface area contributed by atoms with Gasteiger partial charge in [-0.25, -0.2) is 0 Å². The van der Waals surface area contributed by atoms with Crippen LogP contribution in [0.4, 0.5) is 0 Å². The van der Waals surface area contributed by atoms with Crippen molar-refractivity contribution in [3.63, 3.8) is 0 Å². The number of nitrogens with zero attached hydrogens (tertiary/aromatic N) is 1. The first-order valence-electron chi connectivity index (χ1n) is 6.78. The van der Waals surface area contributed by atoms with E-state index >= 15 is 0 Å². The van der Waals surface area contributed by atoms with Crippen molar-refractivity contribution in [1.29, 1.82) is 0 Å². The molecule has 0 spiro atoms. The second-order valence-corrected chi connectivity index (χ2v) is 4.79. The summed E-state index contributed by atoms with van der Waals surface area (Å²) >= 11 is 0. The van der Waals surface area contributed by atoms with Crippen LogP contribution >= 0.6 is 0 Å². The van der Waals surface area contributed by atoms with Gasteiger partial charge in [0.05, 0.1) is 0 Å². The van der Waals surface area contributed by atoms with Crippen LogP contribution in [0.1, 0.15) is 52.9 Å². The van der Waals surface area contributed by atoms with Crippen molar-refractivity contribution in [1.82, 2.24) is 10.2 Å². The maximum absolute atomic E-state index is 3.83. The predicted molar refractivity (Wildman–Crippen MR) is 67.3 cm³/mol. The van der Waals surface area contributed by atoms with E-state index in [-0.39, 0.29) is 0 Å². The van der Waals surface area contributed by atoms with Gasteiger partial charge in [0.15, 0.2) is 0 Å². The third-order valence-electron chi connectivity index (χ3n) is 3.55. The molecule has 0 aromatic rings. The Bertz CT molecular complexity index is 159. The first-order chi connectivity index (χ1) is 7.30. The minimum atomic E-state index is 0.746. The zero-order chi connectivity index (χ0) is 11.1. The van der Waals surface area contributed by atoms with Gasteiger partial charge in [0.25, 0.3) is 0 Å². The van der Waals surface area contributed by atoms with Crippen LogP contribution in [0.3, 0.4) is 0 Å². The van der Waals surface area contributed by atoms with Crippen molar-refractivity contribution < 1.29 is 0 Å². The normalized spacial score (nSPS) is 25.4. The van der Waals surface area contributed by atoms with Gasteiger partial charge in [-0.15, -0.1) is 0 Å². The minimum Gasteiger partial charge on any atom is -0.310 e. The van der Waals surface area contributed by atoms with Gasteiger partial charge < -0.3 is 10.2 Å². The molecule has 0 bridgehead atoms. The summed E-state index contributed by atoms with van der Waals surface area (Å²) in [5, 5.41) is 3.83. The Morgan fingerprint density at radius 3 is 2.73 bits per heavy atom. The van der Waals surface area contributed by atoms with E-state index in [1.54, 1.807) is 0 Å². The van der Waals surface area contributed by atoms with Gasteiger partial charge >= 0.3 is 0 Å². The molecule has 2 heteroatoms. The van der Waals surface area contributed by atoms with Crippen molar-refractivity contribution in [2.75, 3.05) is 19.6 Å². The highest BCUT2D eigenvalue weighted by atomic mass is 15.2. The van der Waals surface area contributed by atoms with Crippen LogP contribution < -0.4 is 5.32 Å². The van der Waals surface area contributed by atoms with Crippen molar-refractivity contribution in [2.45, 2.75) is 65.0 Å². The molecule has 0 aromatic heterocycles. The van der Waals surface area contributed by atoms with Gasteiger partial charge in [-0.3, -0.25) is 0 Å². The summed E-state index contributed by atoms with van der Waals surface area (Å²) in [4.78, 5) is 2.57. The Morgan fingerprint density at radius 1 is 1.33 bits per heavy atom. The third-order valence-corrected chi connectivity index (χ3v) is 3.55. The van der Waals surface area contributed by atoms with E-state index < -0.39 is 0 Å². The van der Waals surface area contributed by atoms with E-state index in [0.29, 0.717) is 0 Å². The summed E-state index contributed by atoms with van der Waals surface area (Å²) in [5.74, 6) is 0. The molecule has 1 aliphatic heterocycles. The van der Waals surface area contributed by atoms with Gasteiger partial charge in [-0.05, 0) is 38.8 Å². The largest absolute Gasteiger partial charge is 0.310 e. The fourth-order valence-corrected chi connectivity index (χ4v) is 2.57. The summed E-state index contributed by atoms with van der Waals surface area (Å²) in [6, 6.07) is 1.49. The molecule has 2 nitrogen and oxygen atoms in total. The molecule has 1 heterocycles.